The molecule has 0 unspecified atom stereocenters. The van der Waals surface area contributed by atoms with Crippen LogP contribution in [0, 0.1) is 0 Å². The van der Waals surface area contributed by atoms with Crippen LogP contribution in [0.2, 0.25) is 0 Å². The minimum Gasteiger partial charge on any atom is -0.378 e. The predicted octanol–water partition coefficient (Wildman–Crippen LogP) is 4.21. The fourth-order valence-corrected chi connectivity index (χ4v) is 5.87. The summed E-state index contributed by atoms with van der Waals surface area (Å²) in [7, 11) is 7.50. The van der Waals surface area contributed by atoms with Gasteiger partial charge in [-0.25, -0.2) is 0 Å². The Hall–Kier alpha value is -1.61. The first kappa shape index (κ1) is 15.3. The van der Waals surface area contributed by atoms with Crippen LogP contribution >= 0.6 is 10.0 Å². The molecule has 0 radical (unpaired) electrons. The Morgan fingerprint density at radius 3 is 1.50 bits per heavy atom. The topological polar surface area (TPSA) is 6.48 Å². The smallest absolute Gasteiger partial charge is 0.0371 e. The maximum absolute atomic E-state index is 2.43. The van der Waals surface area contributed by atoms with Gasteiger partial charge in [0.05, 0.1) is 0 Å². The van der Waals surface area contributed by atoms with Gasteiger partial charge in [-0.2, -0.15) is 10.0 Å². The molecule has 1 aliphatic heterocycles. The highest BCUT2D eigenvalue weighted by Gasteiger charge is 2.29. The fraction of sp³-hybridized carbons (Fsp3) is 0.368. The molecule has 2 nitrogen and oxygen atoms in total. The van der Waals surface area contributed by atoms with Crippen LogP contribution in [0.4, 0.5) is 11.4 Å². The van der Waals surface area contributed by atoms with E-state index in [2.05, 4.69) is 86.9 Å². The quantitative estimate of drug-likeness (QED) is 0.819. The zero-order valence-electron chi connectivity index (χ0n) is 14.5. The highest BCUT2D eigenvalue weighted by atomic mass is 32.3. The fourth-order valence-electron chi connectivity index (χ4n) is 3.21. The van der Waals surface area contributed by atoms with Gasteiger partial charge in [-0.1, -0.05) is 12.1 Å². The molecule has 1 heterocycles. The molecule has 0 aliphatic carbocycles. The number of hydrogen-bond donors (Lipinski definition) is 0. The zero-order valence-corrected chi connectivity index (χ0v) is 15.3. The molecule has 0 bridgehead atoms. The van der Waals surface area contributed by atoms with E-state index in [1.807, 2.05) is 0 Å². The Morgan fingerprint density at radius 2 is 1.14 bits per heavy atom. The lowest BCUT2D eigenvalue weighted by molar-refractivity contribution is 1.02. The normalized spacial score (nSPS) is 16.5. The molecule has 3 rings (SSSR count). The lowest BCUT2D eigenvalue weighted by Crippen LogP contribution is -2.15. The maximum atomic E-state index is 2.43. The lowest BCUT2D eigenvalue weighted by Gasteiger charge is -2.41. The van der Waals surface area contributed by atoms with Gasteiger partial charge in [0.1, 0.15) is 0 Å². The molecule has 2 aromatic carbocycles. The Bertz CT molecular complexity index is 658. The summed E-state index contributed by atoms with van der Waals surface area (Å²) in [5.41, 5.74) is 5.59. The van der Waals surface area contributed by atoms with Crippen molar-refractivity contribution >= 4 is 21.4 Å². The van der Waals surface area contributed by atoms with Gasteiger partial charge in [0.25, 0.3) is 0 Å². The molecular weight excluding hydrogens is 288 g/mol. The molecule has 3 heteroatoms. The van der Waals surface area contributed by atoms with E-state index in [1.165, 1.54) is 22.5 Å². The van der Waals surface area contributed by atoms with Crippen LogP contribution in [0.25, 0.3) is 0 Å². The third-order valence-electron chi connectivity index (χ3n) is 4.61. The van der Waals surface area contributed by atoms with Crippen molar-refractivity contribution in [1.82, 2.24) is 0 Å². The van der Waals surface area contributed by atoms with E-state index in [1.54, 1.807) is 9.79 Å². The molecule has 0 aromatic heterocycles. The second-order valence-corrected chi connectivity index (χ2v) is 10.4. The van der Waals surface area contributed by atoms with E-state index in [0.717, 1.165) is 6.42 Å². The monoisotopic (exact) mass is 314 g/mol. The number of benzene rings is 2. The Labute approximate surface area is 136 Å². The summed E-state index contributed by atoms with van der Waals surface area (Å²) in [5, 5.41) is 0. The summed E-state index contributed by atoms with van der Waals surface area (Å²) in [4.78, 5) is 7.48. The van der Waals surface area contributed by atoms with Crippen molar-refractivity contribution in [3.05, 3.63) is 47.5 Å². The molecule has 0 saturated carbocycles. The zero-order chi connectivity index (χ0) is 16.1. The minimum absolute atomic E-state index is 0.967. The Morgan fingerprint density at radius 1 is 0.727 bits per heavy atom. The van der Waals surface area contributed by atoms with Gasteiger partial charge in [-0.05, 0) is 64.1 Å². The molecular formula is C19H26N2S. The van der Waals surface area contributed by atoms with E-state index in [0.29, 0.717) is 0 Å². The average Bonchev–Trinajstić information content (AvgIpc) is 2.46. The number of fused-ring (bicyclic) bond motifs is 2. The van der Waals surface area contributed by atoms with Crippen molar-refractivity contribution in [1.29, 1.82) is 0 Å². The minimum atomic E-state index is -0.967. The Kier molecular flexibility index (Phi) is 3.64. The molecule has 2 aromatic rings. The molecule has 0 amide bonds. The number of hydrogen-bond acceptors (Lipinski definition) is 2. The SMILES string of the molecule is CN(C)c1ccc2c(c1)S(C)(C)c1cc(N(C)C)ccc1C2. The van der Waals surface area contributed by atoms with Gasteiger partial charge in [0, 0.05) is 39.6 Å². The first-order valence-electron chi connectivity index (χ1n) is 7.64. The summed E-state index contributed by atoms with van der Waals surface area (Å²) in [6, 6.07) is 13.9. The van der Waals surface area contributed by atoms with Gasteiger partial charge in [0.2, 0.25) is 0 Å². The van der Waals surface area contributed by atoms with Crippen molar-refractivity contribution in [2.24, 2.45) is 0 Å². The van der Waals surface area contributed by atoms with Crippen molar-refractivity contribution < 1.29 is 0 Å². The van der Waals surface area contributed by atoms with Crippen LogP contribution in [0.3, 0.4) is 0 Å². The van der Waals surface area contributed by atoms with Crippen molar-refractivity contribution in [3.63, 3.8) is 0 Å². The molecule has 0 saturated heterocycles. The van der Waals surface area contributed by atoms with E-state index < -0.39 is 10.0 Å². The molecule has 1 aliphatic rings. The van der Waals surface area contributed by atoms with Crippen LogP contribution in [0.5, 0.6) is 0 Å². The number of rotatable bonds is 2. The molecule has 0 fully saturated rings. The summed E-state index contributed by atoms with van der Waals surface area (Å²) < 4.78 is 0. The van der Waals surface area contributed by atoms with E-state index in [-0.39, 0.29) is 0 Å². The standard InChI is InChI=1S/C19H26N2S/c1-20(2)16-9-7-14-11-15-8-10-17(21(3)4)13-19(15)22(5,6)18(14)12-16/h7-10,12-13H,11H2,1-6H3. The predicted molar refractivity (Wildman–Crippen MR) is 100 cm³/mol. The number of nitrogens with zero attached hydrogens (tertiary/aromatic N) is 2. The highest BCUT2D eigenvalue weighted by Crippen LogP contribution is 2.62. The van der Waals surface area contributed by atoms with Crippen LogP contribution < -0.4 is 9.80 Å². The van der Waals surface area contributed by atoms with Gasteiger partial charge >= 0.3 is 0 Å². The van der Waals surface area contributed by atoms with Crippen LogP contribution in [-0.4, -0.2) is 40.7 Å². The largest absolute Gasteiger partial charge is 0.378 e. The second-order valence-electron chi connectivity index (χ2n) is 6.88. The van der Waals surface area contributed by atoms with E-state index >= 15 is 0 Å². The first-order chi connectivity index (χ1) is 10.3. The highest BCUT2D eigenvalue weighted by molar-refractivity contribution is 8.32. The second kappa shape index (κ2) is 5.24. The van der Waals surface area contributed by atoms with Crippen molar-refractivity contribution in [2.45, 2.75) is 16.2 Å². The summed E-state index contributed by atoms with van der Waals surface area (Å²) in [5.74, 6) is 0. The molecule has 118 valence electrons. The third-order valence-corrected chi connectivity index (χ3v) is 7.57. The third kappa shape index (κ3) is 2.38. The van der Waals surface area contributed by atoms with Crippen LogP contribution in [0.15, 0.2) is 46.2 Å². The van der Waals surface area contributed by atoms with E-state index in [9.17, 15) is 0 Å². The van der Waals surface area contributed by atoms with Gasteiger partial charge in [-0.15, -0.1) is 0 Å². The average molecular weight is 314 g/mol. The molecule has 0 atom stereocenters. The summed E-state index contributed by atoms with van der Waals surface area (Å²) in [6.45, 7) is 0. The Balaban J connectivity index is 2.16. The van der Waals surface area contributed by atoms with Crippen LogP contribution in [0.1, 0.15) is 11.1 Å². The molecule has 0 spiro atoms. The first-order valence-corrected chi connectivity index (χ1v) is 10.1. The van der Waals surface area contributed by atoms with Gasteiger partial charge < -0.3 is 9.80 Å². The van der Waals surface area contributed by atoms with E-state index in [4.69, 9.17) is 0 Å². The summed E-state index contributed by atoms with van der Waals surface area (Å²) in [6.07, 6.45) is 5.92. The number of anilines is 2. The van der Waals surface area contributed by atoms with Crippen molar-refractivity contribution in [2.75, 3.05) is 50.5 Å². The van der Waals surface area contributed by atoms with Gasteiger partial charge in [-0.3, -0.25) is 0 Å². The van der Waals surface area contributed by atoms with Gasteiger partial charge in [0.15, 0.2) is 0 Å². The summed E-state index contributed by atoms with van der Waals surface area (Å²) >= 11 is 0. The maximum Gasteiger partial charge on any atom is 0.0371 e. The molecule has 22 heavy (non-hydrogen) atoms. The van der Waals surface area contributed by atoms with Crippen LogP contribution in [-0.2, 0) is 6.42 Å². The molecule has 0 N–H and O–H groups in total. The van der Waals surface area contributed by atoms with Crippen molar-refractivity contribution in [3.8, 4) is 0 Å². The lowest BCUT2D eigenvalue weighted by atomic mass is 10.0.